The van der Waals surface area contributed by atoms with Gasteiger partial charge in [0.25, 0.3) is 0 Å². The SMILES string of the molecule is Cn1c(CCCCN)cc2nc(-c3ccc(F)cc3)c(-c3ccncc3)c(-c3ccc(F)cc3)c21. The Hall–Kier alpha value is -3.90. The molecule has 4 nitrogen and oxygen atoms in total. The van der Waals surface area contributed by atoms with E-state index in [2.05, 4.69) is 15.6 Å². The highest BCUT2D eigenvalue weighted by Gasteiger charge is 2.23. The normalized spacial score (nSPS) is 11.3. The summed E-state index contributed by atoms with van der Waals surface area (Å²) in [6, 6.07) is 18.9. The third kappa shape index (κ3) is 4.45. The fourth-order valence-corrected chi connectivity index (χ4v) is 4.64. The molecule has 0 amide bonds. The molecule has 0 bridgehead atoms. The Morgan fingerprint density at radius 2 is 1.37 bits per heavy atom. The Bertz CT molecular complexity index is 1460. The zero-order chi connectivity index (χ0) is 24.4. The van der Waals surface area contributed by atoms with E-state index in [-0.39, 0.29) is 11.6 Å². The highest BCUT2D eigenvalue weighted by atomic mass is 19.1. The molecule has 0 spiro atoms. The van der Waals surface area contributed by atoms with Crippen molar-refractivity contribution in [2.75, 3.05) is 6.54 Å². The molecule has 5 rings (SSSR count). The van der Waals surface area contributed by atoms with Crippen LogP contribution >= 0.6 is 0 Å². The van der Waals surface area contributed by atoms with E-state index in [1.165, 1.54) is 24.3 Å². The molecule has 3 heterocycles. The van der Waals surface area contributed by atoms with Crippen LogP contribution in [0.15, 0.2) is 79.1 Å². The van der Waals surface area contributed by atoms with E-state index in [9.17, 15) is 8.78 Å². The second-order valence-corrected chi connectivity index (χ2v) is 8.63. The van der Waals surface area contributed by atoms with Crippen LogP contribution < -0.4 is 5.73 Å². The van der Waals surface area contributed by atoms with Crippen LogP contribution in [0.25, 0.3) is 44.5 Å². The minimum absolute atomic E-state index is 0.294. The number of aryl methyl sites for hydroxylation is 2. The van der Waals surface area contributed by atoms with Crippen molar-refractivity contribution in [2.45, 2.75) is 19.3 Å². The molecule has 0 unspecified atom stereocenters. The van der Waals surface area contributed by atoms with Crippen LogP contribution in [-0.4, -0.2) is 21.1 Å². The predicted octanol–water partition coefficient (Wildman–Crippen LogP) is 6.53. The van der Waals surface area contributed by atoms with Crippen molar-refractivity contribution in [3.05, 3.63) is 96.5 Å². The number of halogens is 2. The monoisotopic (exact) mass is 468 g/mol. The van der Waals surface area contributed by atoms with Gasteiger partial charge in [-0.25, -0.2) is 13.8 Å². The molecule has 5 aromatic rings. The minimum Gasteiger partial charge on any atom is -0.346 e. The fourth-order valence-electron chi connectivity index (χ4n) is 4.64. The van der Waals surface area contributed by atoms with Crippen LogP contribution in [-0.2, 0) is 13.5 Å². The number of fused-ring (bicyclic) bond motifs is 1. The molecular formula is C29H26F2N4. The number of aromatic nitrogens is 3. The third-order valence-electron chi connectivity index (χ3n) is 6.37. The second-order valence-electron chi connectivity index (χ2n) is 8.63. The van der Waals surface area contributed by atoms with Crippen molar-refractivity contribution in [3.8, 4) is 33.5 Å². The summed E-state index contributed by atoms with van der Waals surface area (Å²) in [5.74, 6) is -0.599. The number of hydrogen-bond acceptors (Lipinski definition) is 3. The Kier molecular flexibility index (Phi) is 6.38. The van der Waals surface area contributed by atoms with Crippen LogP contribution in [0.4, 0.5) is 8.78 Å². The van der Waals surface area contributed by atoms with Gasteiger partial charge < -0.3 is 10.3 Å². The van der Waals surface area contributed by atoms with Crippen LogP contribution in [0.3, 0.4) is 0 Å². The van der Waals surface area contributed by atoms with Crippen molar-refractivity contribution in [2.24, 2.45) is 12.8 Å². The fraction of sp³-hybridized carbons (Fsp3) is 0.172. The molecule has 0 aliphatic carbocycles. The summed E-state index contributed by atoms with van der Waals surface area (Å²) >= 11 is 0. The lowest BCUT2D eigenvalue weighted by atomic mass is 9.90. The lowest BCUT2D eigenvalue weighted by molar-refractivity contribution is 0.627. The molecule has 0 atom stereocenters. The van der Waals surface area contributed by atoms with Gasteiger partial charge in [0, 0.05) is 41.8 Å². The quantitative estimate of drug-likeness (QED) is 0.276. The Labute approximate surface area is 203 Å². The lowest BCUT2D eigenvalue weighted by Crippen LogP contribution is -2.02. The van der Waals surface area contributed by atoms with Gasteiger partial charge in [-0.05, 0) is 91.5 Å². The molecule has 35 heavy (non-hydrogen) atoms. The standard InChI is InChI=1S/C29H26F2N4/c1-35-24(4-2-3-15-32)18-25-29(35)27(19-5-9-22(30)10-6-19)26(20-13-16-33-17-14-20)28(34-25)21-7-11-23(31)12-8-21/h5-14,16-18H,2-4,15,32H2,1H3. The van der Waals surface area contributed by atoms with Gasteiger partial charge in [-0.2, -0.15) is 0 Å². The molecule has 0 aliphatic heterocycles. The number of benzene rings is 2. The first-order valence-corrected chi connectivity index (χ1v) is 11.7. The summed E-state index contributed by atoms with van der Waals surface area (Å²) < 4.78 is 29.9. The first kappa shape index (κ1) is 22.9. The molecule has 176 valence electrons. The van der Waals surface area contributed by atoms with Gasteiger partial charge in [0.2, 0.25) is 0 Å². The van der Waals surface area contributed by atoms with Crippen molar-refractivity contribution in [1.29, 1.82) is 0 Å². The Balaban J connectivity index is 1.88. The maximum Gasteiger partial charge on any atom is 0.123 e. The molecule has 0 radical (unpaired) electrons. The maximum absolute atomic E-state index is 13.9. The Morgan fingerprint density at radius 3 is 2.00 bits per heavy atom. The number of nitrogens with two attached hydrogens (primary N) is 1. The van der Waals surface area contributed by atoms with E-state index in [1.807, 2.05) is 19.2 Å². The molecule has 2 N–H and O–H groups in total. The third-order valence-corrected chi connectivity index (χ3v) is 6.37. The van der Waals surface area contributed by atoms with Gasteiger partial charge in [-0.15, -0.1) is 0 Å². The largest absolute Gasteiger partial charge is 0.346 e. The summed E-state index contributed by atoms with van der Waals surface area (Å²) in [5.41, 5.74) is 13.9. The van der Waals surface area contributed by atoms with E-state index in [0.717, 1.165) is 69.5 Å². The first-order chi connectivity index (χ1) is 17.1. The van der Waals surface area contributed by atoms with Crippen LogP contribution in [0.1, 0.15) is 18.5 Å². The smallest absolute Gasteiger partial charge is 0.123 e. The van der Waals surface area contributed by atoms with Gasteiger partial charge in [0.15, 0.2) is 0 Å². The van der Waals surface area contributed by atoms with Crippen LogP contribution in [0, 0.1) is 11.6 Å². The number of hydrogen-bond donors (Lipinski definition) is 1. The van der Waals surface area contributed by atoms with Gasteiger partial charge in [-0.1, -0.05) is 12.1 Å². The second kappa shape index (κ2) is 9.76. The highest BCUT2D eigenvalue weighted by molar-refractivity contribution is 6.06. The van der Waals surface area contributed by atoms with Crippen molar-refractivity contribution in [3.63, 3.8) is 0 Å². The molecule has 0 saturated heterocycles. The number of unbranched alkanes of at least 4 members (excludes halogenated alkanes) is 1. The zero-order valence-corrected chi connectivity index (χ0v) is 19.5. The highest BCUT2D eigenvalue weighted by Crippen LogP contribution is 2.43. The van der Waals surface area contributed by atoms with Crippen molar-refractivity contribution in [1.82, 2.24) is 14.5 Å². The summed E-state index contributed by atoms with van der Waals surface area (Å²) in [6.45, 7) is 0.657. The summed E-state index contributed by atoms with van der Waals surface area (Å²) in [7, 11) is 2.04. The van der Waals surface area contributed by atoms with E-state index in [0.29, 0.717) is 6.54 Å². The molecule has 3 aromatic heterocycles. The van der Waals surface area contributed by atoms with Gasteiger partial charge >= 0.3 is 0 Å². The minimum atomic E-state index is -0.305. The first-order valence-electron chi connectivity index (χ1n) is 11.7. The number of nitrogens with zero attached hydrogens (tertiary/aromatic N) is 3. The molecule has 6 heteroatoms. The van der Waals surface area contributed by atoms with Crippen molar-refractivity contribution >= 4 is 11.0 Å². The number of pyridine rings is 2. The van der Waals surface area contributed by atoms with Gasteiger partial charge in [0.1, 0.15) is 11.6 Å². The van der Waals surface area contributed by atoms with Gasteiger partial charge in [0.05, 0.1) is 16.7 Å². The van der Waals surface area contributed by atoms with E-state index in [1.54, 1.807) is 36.7 Å². The summed E-state index contributed by atoms with van der Waals surface area (Å²) in [6.07, 6.45) is 6.29. The van der Waals surface area contributed by atoms with Gasteiger partial charge in [-0.3, -0.25) is 4.98 Å². The summed E-state index contributed by atoms with van der Waals surface area (Å²) in [4.78, 5) is 9.29. The van der Waals surface area contributed by atoms with Crippen LogP contribution in [0.5, 0.6) is 0 Å². The molecular weight excluding hydrogens is 442 g/mol. The average molecular weight is 469 g/mol. The lowest BCUT2D eigenvalue weighted by Gasteiger charge is -2.18. The van der Waals surface area contributed by atoms with E-state index >= 15 is 0 Å². The Morgan fingerprint density at radius 1 is 0.771 bits per heavy atom. The molecule has 0 saturated carbocycles. The summed E-state index contributed by atoms with van der Waals surface area (Å²) in [5, 5.41) is 0. The van der Waals surface area contributed by atoms with E-state index in [4.69, 9.17) is 10.7 Å². The maximum atomic E-state index is 13.9. The molecule has 0 aliphatic rings. The predicted molar refractivity (Wildman–Crippen MR) is 137 cm³/mol. The van der Waals surface area contributed by atoms with Crippen LogP contribution in [0.2, 0.25) is 0 Å². The molecule has 0 fully saturated rings. The number of rotatable bonds is 7. The van der Waals surface area contributed by atoms with Crippen molar-refractivity contribution < 1.29 is 8.78 Å². The molecule has 2 aromatic carbocycles. The van der Waals surface area contributed by atoms with E-state index < -0.39 is 0 Å². The zero-order valence-electron chi connectivity index (χ0n) is 19.5. The topological polar surface area (TPSA) is 56.7 Å². The average Bonchev–Trinajstić information content (AvgIpc) is 3.19.